The van der Waals surface area contributed by atoms with E-state index in [2.05, 4.69) is 10.2 Å². The van der Waals surface area contributed by atoms with Crippen LogP contribution >= 0.6 is 11.3 Å². The van der Waals surface area contributed by atoms with Gasteiger partial charge in [-0.15, -0.1) is 11.3 Å². The quantitative estimate of drug-likeness (QED) is 0.843. The van der Waals surface area contributed by atoms with Crippen molar-refractivity contribution >= 4 is 21.4 Å². The Morgan fingerprint density at radius 1 is 1.30 bits per heavy atom. The smallest absolute Gasteiger partial charge is 0.252 e. The van der Waals surface area contributed by atoms with Gasteiger partial charge in [-0.1, -0.05) is 0 Å². The van der Waals surface area contributed by atoms with Gasteiger partial charge in [-0.05, 0) is 12.1 Å². The number of nitrogens with one attached hydrogen (secondary N) is 1. The Hall–Kier alpha value is -0.980. The molecule has 0 amide bonds. The minimum Gasteiger partial charge on any atom is -0.314 e. The van der Waals surface area contributed by atoms with Gasteiger partial charge in [-0.2, -0.15) is 9.57 Å². The van der Waals surface area contributed by atoms with E-state index in [1.807, 2.05) is 6.07 Å². The van der Waals surface area contributed by atoms with Crippen molar-refractivity contribution in [2.75, 3.05) is 39.3 Å². The predicted molar refractivity (Wildman–Crippen MR) is 76.0 cm³/mol. The fourth-order valence-corrected chi connectivity index (χ4v) is 5.31. The van der Waals surface area contributed by atoms with Gasteiger partial charge in [0.05, 0.1) is 0 Å². The molecular weight excluding hydrogens is 296 g/mol. The molecule has 0 spiro atoms. The molecule has 3 heterocycles. The lowest BCUT2D eigenvalue weighted by Crippen LogP contribution is -2.63. The largest absolute Gasteiger partial charge is 0.314 e. The third kappa shape index (κ3) is 2.47. The van der Waals surface area contributed by atoms with E-state index in [1.54, 1.807) is 6.07 Å². The van der Waals surface area contributed by atoms with Gasteiger partial charge < -0.3 is 5.32 Å². The standard InChI is InChI=1S/C12H16N4O2S2/c13-7-11-1-2-12(19-11)20(17,18)16-8-10(9-16)15-5-3-14-4-6-15/h1-2,10,14H,3-6,8-9H2. The molecule has 1 N–H and O–H groups in total. The first-order valence-corrected chi connectivity index (χ1v) is 8.82. The minimum absolute atomic E-state index is 0.271. The topological polar surface area (TPSA) is 76.4 Å². The molecule has 2 aliphatic heterocycles. The van der Waals surface area contributed by atoms with Crippen LogP contribution in [0, 0.1) is 11.3 Å². The van der Waals surface area contributed by atoms with Crippen LogP contribution in [0.4, 0.5) is 0 Å². The Balaban J connectivity index is 1.65. The second-order valence-electron chi connectivity index (χ2n) is 4.99. The first-order chi connectivity index (χ1) is 9.61. The molecule has 6 nitrogen and oxygen atoms in total. The summed E-state index contributed by atoms with van der Waals surface area (Å²) in [5.41, 5.74) is 0. The summed E-state index contributed by atoms with van der Waals surface area (Å²) < 4.78 is 26.5. The van der Waals surface area contributed by atoms with Crippen molar-refractivity contribution in [2.24, 2.45) is 0 Å². The molecule has 108 valence electrons. The van der Waals surface area contributed by atoms with Crippen molar-refractivity contribution in [3.8, 4) is 6.07 Å². The minimum atomic E-state index is -3.40. The summed E-state index contributed by atoms with van der Waals surface area (Å²) >= 11 is 1.04. The molecule has 0 unspecified atom stereocenters. The summed E-state index contributed by atoms with van der Waals surface area (Å²) in [6.45, 7) is 5.02. The third-order valence-electron chi connectivity index (χ3n) is 3.78. The molecule has 8 heteroatoms. The van der Waals surface area contributed by atoms with E-state index in [1.165, 1.54) is 10.4 Å². The fourth-order valence-electron chi connectivity index (χ4n) is 2.54. The number of nitriles is 1. The van der Waals surface area contributed by atoms with E-state index < -0.39 is 10.0 Å². The molecule has 0 atom stereocenters. The summed E-state index contributed by atoms with van der Waals surface area (Å²) in [6, 6.07) is 5.40. The van der Waals surface area contributed by atoms with Gasteiger partial charge in [0.15, 0.2) is 0 Å². The average molecular weight is 312 g/mol. The number of piperazine rings is 1. The molecular formula is C12H16N4O2S2. The van der Waals surface area contributed by atoms with E-state index in [0.717, 1.165) is 37.5 Å². The molecule has 0 radical (unpaired) electrons. The third-order valence-corrected chi connectivity index (χ3v) is 7.07. The summed E-state index contributed by atoms with van der Waals surface area (Å²) in [5.74, 6) is 0. The predicted octanol–water partition coefficient (Wildman–Crippen LogP) is -0.102. The summed E-state index contributed by atoms with van der Waals surface area (Å²) in [4.78, 5) is 2.78. The fraction of sp³-hybridized carbons (Fsp3) is 0.583. The van der Waals surface area contributed by atoms with Gasteiger partial charge in [0, 0.05) is 45.3 Å². The zero-order valence-corrected chi connectivity index (χ0v) is 12.6. The van der Waals surface area contributed by atoms with Crippen LogP contribution in [0.1, 0.15) is 4.88 Å². The van der Waals surface area contributed by atoms with Crippen LogP contribution in [-0.4, -0.2) is 62.9 Å². The van der Waals surface area contributed by atoms with E-state index in [9.17, 15) is 8.42 Å². The normalized spacial score (nSPS) is 22.4. The summed E-state index contributed by atoms with van der Waals surface area (Å²) in [7, 11) is -3.40. The molecule has 0 saturated carbocycles. The van der Waals surface area contributed by atoms with Crippen LogP contribution in [-0.2, 0) is 10.0 Å². The maximum absolute atomic E-state index is 12.4. The van der Waals surface area contributed by atoms with Crippen LogP contribution in [0.15, 0.2) is 16.3 Å². The van der Waals surface area contributed by atoms with Crippen LogP contribution in [0.25, 0.3) is 0 Å². The number of hydrogen-bond acceptors (Lipinski definition) is 6. The van der Waals surface area contributed by atoms with Crippen molar-refractivity contribution in [3.05, 3.63) is 17.0 Å². The second kappa shape index (κ2) is 5.42. The Bertz CT molecular complexity index is 622. The Labute approximate surface area is 122 Å². The van der Waals surface area contributed by atoms with Crippen molar-refractivity contribution in [3.63, 3.8) is 0 Å². The SMILES string of the molecule is N#Cc1ccc(S(=O)(=O)N2CC(N3CCNCC3)C2)s1. The second-order valence-corrected chi connectivity index (χ2v) is 8.24. The van der Waals surface area contributed by atoms with Gasteiger partial charge >= 0.3 is 0 Å². The summed E-state index contributed by atoms with van der Waals surface area (Å²) in [5, 5.41) is 12.1. The van der Waals surface area contributed by atoms with Crippen molar-refractivity contribution in [2.45, 2.75) is 10.3 Å². The lowest BCUT2D eigenvalue weighted by atomic mass is 10.1. The van der Waals surface area contributed by atoms with Crippen LogP contribution in [0.2, 0.25) is 0 Å². The zero-order valence-electron chi connectivity index (χ0n) is 10.9. The van der Waals surface area contributed by atoms with Crippen LogP contribution in [0.3, 0.4) is 0 Å². The monoisotopic (exact) mass is 312 g/mol. The molecule has 20 heavy (non-hydrogen) atoms. The van der Waals surface area contributed by atoms with Crippen molar-refractivity contribution in [1.29, 1.82) is 5.26 Å². The molecule has 1 aromatic rings. The van der Waals surface area contributed by atoms with Crippen molar-refractivity contribution < 1.29 is 8.42 Å². The average Bonchev–Trinajstić information content (AvgIpc) is 2.87. The Morgan fingerprint density at radius 3 is 2.60 bits per heavy atom. The van der Waals surface area contributed by atoms with Gasteiger partial charge in [0.1, 0.15) is 15.2 Å². The van der Waals surface area contributed by atoms with Gasteiger partial charge in [-0.25, -0.2) is 8.42 Å². The Kier molecular flexibility index (Phi) is 3.79. The molecule has 0 aliphatic carbocycles. The van der Waals surface area contributed by atoms with E-state index >= 15 is 0 Å². The molecule has 1 aromatic heterocycles. The number of thiophene rings is 1. The van der Waals surface area contributed by atoms with Gasteiger partial charge in [0.25, 0.3) is 10.0 Å². The summed E-state index contributed by atoms with van der Waals surface area (Å²) in [6.07, 6.45) is 0. The molecule has 0 aromatic carbocycles. The molecule has 2 fully saturated rings. The van der Waals surface area contributed by atoms with Gasteiger partial charge in [-0.3, -0.25) is 4.90 Å². The molecule has 3 rings (SSSR count). The Morgan fingerprint density at radius 2 is 2.00 bits per heavy atom. The highest BCUT2D eigenvalue weighted by Gasteiger charge is 2.40. The molecule has 2 saturated heterocycles. The first-order valence-electron chi connectivity index (χ1n) is 6.56. The van der Waals surface area contributed by atoms with Crippen molar-refractivity contribution in [1.82, 2.24) is 14.5 Å². The van der Waals surface area contributed by atoms with Gasteiger partial charge in [0.2, 0.25) is 0 Å². The maximum Gasteiger partial charge on any atom is 0.252 e. The van der Waals surface area contributed by atoms with Crippen LogP contribution in [0.5, 0.6) is 0 Å². The maximum atomic E-state index is 12.4. The first kappa shape index (κ1) is 14.0. The molecule has 0 bridgehead atoms. The number of rotatable bonds is 3. The highest BCUT2D eigenvalue weighted by molar-refractivity contribution is 7.91. The molecule has 2 aliphatic rings. The number of sulfonamides is 1. The number of nitrogens with zero attached hydrogens (tertiary/aromatic N) is 3. The highest BCUT2D eigenvalue weighted by atomic mass is 32.2. The van der Waals surface area contributed by atoms with E-state index in [0.29, 0.717) is 24.0 Å². The van der Waals surface area contributed by atoms with Crippen LogP contribution < -0.4 is 5.32 Å². The van der Waals surface area contributed by atoms with E-state index in [4.69, 9.17) is 5.26 Å². The highest BCUT2D eigenvalue weighted by Crippen LogP contribution is 2.29. The lowest BCUT2D eigenvalue weighted by Gasteiger charge is -2.45. The van der Waals surface area contributed by atoms with E-state index in [-0.39, 0.29) is 4.21 Å². The zero-order chi connectivity index (χ0) is 14.2. The lowest BCUT2D eigenvalue weighted by molar-refractivity contribution is 0.0774. The number of hydrogen-bond donors (Lipinski definition) is 1.